The average Bonchev–Trinajstić information content (AvgIpc) is 2.51. The van der Waals surface area contributed by atoms with Gasteiger partial charge in [-0.1, -0.05) is 11.6 Å². The molecule has 0 unspecified atom stereocenters. The van der Waals surface area contributed by atoms with Crippen LogP contribution in [0, 0.1) is 5.41 Å². The van der Waals surface area contributed by atoms with Crippen LogP contribution >= 0.6 is 11.6 Å². The van der Waals surface area contributed by atoms with E-state index in [4.69, 9.17) is 21.1 Å². The highest BCUT2D eigenvalue weighted by molar-refractivity contribution is 6.35. The van der Waals surface area contributed by atoms with Gasteiger partial charge in [0.2, 0.25) is 0 Å². The molecule has 2 aromatic rings. The second-order valence-corrected chi connectivity index (χ2v) is 9.30. The van der Waals surface area contributed by atoms with E-state index in [0.717, 1.165) is 12.8 Å². The van der Waals surface area contributed by atoms with E-state index >= 15 is 0 Å². The molecule has 7 nitrogen and oxygen atoms in total. The molecule has 0 radical (unpaired) electrons. The molecule has 1 aliphatic carbocycles. The molecule has 1 aliphatic heterocycles. The van der Waals surface area contributed by atoms with Crippen LogP contribution in [0.5, 0.6) is 5.75 Å². The van der Waals surface area contributed by atoms with Crippen molar-refractivity contribution in [2.75, 3.05) is 13.1 Å². The van der Waals surface area contributed by atoms with Crippen LogP contribution in [0.1, 0.15) is 33.6 Å². The zero-order chi connectivity index (χ0) is 20.3. The molecule has 1 saturated heterocycles. The van der Waals surface area contributed by atoms with Gasteiger partial charge < -0.3 is 14.4 Å². The first-order valence-corrected chi connectivity index (χ1v) is 9.74. The van der Waals surface area contributed by atoms with E-state index in [1.54, 1.807) is 30.3 Å². The SMILES string of the molecule is Cn1ncc2c(OC3CC4(C3)CN(C(=O)OC(C)(C)C)C4)ccc(Cl)c2c1=O. The number of nitrogens with zero attached hydrogens (tertiary/aromatic N) is 3. The zero-order valence-corrected chi connectivity index (χ0v) is 17.2. The largest absolute Gasteiger partial charge is 0.490 e. The van der Waals surface area contributed by atoms with E-state index < -0.39 is 5.60 Å². The molecule has 4 rings (SSSR count). The summed E-state index contributed by atoms with van der Waals surface area (Å²) in [5, 5.41) is 5.52. The Morgan fingerprint density at radius 3 is 2.61 bits per heavy atom. The number of carbonyl (C=O) groups is 1. The van der Waals surface area contributed by atoms with Crippen LogP contribution < -0.4 is 10.3 Å². The number of amides is 1. The maximum atomic E-state index is 12.3. The molecule has 1 aromatic heterocycles. The van der Waals surface area contributed by atoms with Gasteiger partial charge in [-0.25, -0.2) is 9.48 Å². The van der Waals surface area contributed by atoms with Crippen molar-refractivity contribution in [2.24, 2.45) is 12.5 Å². The predicted octanol–water partition coefficient (Wildman–Crippen LogP) is 3.37. The van der Waals surface area contributed by atoms with Gasteiger partial charge in [-0.15, -0.1) is 0 Å². The van der Waals surface area contributed by atoms with Crippen LogP contribution in [0.3, 0.4) is 0 Å². The first-order valence-electron chi connectivity index (χ1n) is 9.36. The number of likely N-dealkylation sites (tertiary alicyclic amines) is 1. The number of hydrogen-bond acceptors (Lipinski definition) is 5. The molecule has 1 aromatic carbocycles. The Balaban J connectivity index is 1.40. The van der Waals surface area contributed by atoms with Gasteiger partial charge in [0.1, 0.15) is 17.5 Å². The second kappa shape index (κ2) is 6.37. The summed E-state index contributed by atoms with van der Waals surface area (Å²) in [6, 6.07) is 3.47. The number of hydrogen-bond donors (Lipinski definition) is 0. The normalized spacial score (nSPS) is 18.7. The van der Waals surface area contributed by atoms with Gasteiger partial charge >= 0.3 is 6.09 Å². The van der Waals surface area contributed by atoms with Gasteiger partial charge in [-0.2, -0.15) is 5.10 Å². The number of halogens is 1. The lowest BCUT2D eigenvalue weighted by Crippen LogP contribution is -2.66. The van der Waals surface area contributed by atoms with Crippen molar-refractivity contribution in [1.29, 1.82) is 0 Å². The summed E-state index contributed by atoms with van der Waals surface area (Å²) in [5.74, 6) is 0.618. The van der Waals surface area contributed by atoms with Crippen molar-refractivity contribution in [1.82, 2.24) is 14.7 Å². The fraction of sp³-hybridized carbons (Fsp3) is 0.550. The van der Waals surface area contributed by atoms with Gasteiger partial charge in [-0.05, 0) is 45.7 Å². The van der Waals surface area contributed by atoms with Gasteiger partial charge in [0, 0.05) is 25.6 Å². The van der Waals surface area contributed by atoms with E-state index in [0.29, 0.717) is 34.6 Å². The Morgan fingerprint density at radius 1 is 1.29 bits per heavy atom. The number of benzene rings is 1. The van der Waals surface area contributed by atoms with Crippen molar-refractivity contribution in [3.8, 4) is 5.75 Å². The summed E-state index contributed by atoms with van der Waals surface area (Å²) in [6.07, 6.45) is 3.14. The number of fused-ring (bicyclic) bond motifs is 1. The molecule has 1 amide bonds. The predicted molar refractivity (Wildman–Crippen MR) is 106 cm³/mol. The standard InChI is InChI=1S/C20H24ClN3O4/c1-19(2,3)28-18(26)24-10-20(11-24)7-12(8-20)27-15-6-5-14(21)16-13(15)9-22-23(4)17(16)25/h5-6,9,12H,7-8,10-11H2,1-4H3. The van der Waals surface area contributed by atoms with Crippen LogP contribution in [-0.2, 0) is 11.8 Å². The summed E-state index contributed by atoms with van der Waals surface area (Å²) in [4.78, 5) is 26.2. The highest BCUT2D eigenvalue weighted by Crippen LogP contribution is 2.50. The molecule has 2 fully saturated rings. The van der Waals surface area contributed by atoms with Crippen molar-refractivity contribution >= 4 is 28.5 Å². The van der Waals surface area contributed by atoms with Crippen LogP contribution in [-0.4, -0.2) is 45.6 Å². The Morgan fingerprint density at radius 2 is 1.96 bits per heavy atom. The maximum Gasteiger partial charge on any atom is 0.410 e. The van der Waals surface area contributed by atoms with Crippen LogP contribution in [0.2, 0.25) is 5.02 Å². The summed E-state index contributed by atoms with van der Waals surface area (Å²) in [5.41, 5.74) is -0.602. The lowest BCUT2D eigenvalue weighted by Gasteiger charge is -2.58. The average molecular weight is 406 g/mol. The third kappa shape index (κ3) is 3.32. The molecule has 1 spiro atoms. The minimum absolute atomic E-state index is 0.0502. The van der Waals surface area contributed by atoms with Crippen molar-refractivity contribution in [3.63, 3.8) is 0 Å². The molecule has 2 aliphatic rings. The quantitative estimate of drug-likeness (QED) is 0.765. The van der Waals surface area contributed by atoms with E-state index in [9.17, 15) is 9.59 Å². The van der Waals surface area contributed by atoms with Crippen molar-refractivity contribution < 1.29 is 14.3 Å². The monoisotopic (exact) mass is 405 g/mol. The summed E-state index contributed by atoms with van der Waals surface area (Å²) in [6.45, 7) is 7.00. The lowest BCUT2D eigenvalue weighted by molar-refractivity contribution is -0.116. The number of aromatic nitrogens is 2. The number of ether oxygens (including phenoxy) is 2. The first-order chi connectivity index (χ1) is 13.1. The van der Waals surface area contributed by atoms with Gasteiger partial charge in [0.25, 0.3) is 5.56 Å². The third-order valence-electron chi connectivity index (χ3n) is 5.34. The highest BCUT2D eigenvalue weighted by atomic mass is 35.5. The topological polar surface area (TPSA) is 73.7 Å². The van der Waals surface area contributed by atoms with Gasteiger partial charge in [-0.3, -0.25) is 4.79 Å². The summed E-state index contributed by atoms with van der Waals surface area (Å²) < 4.78 is 12.8. The molecule has 2 heterocycles. The maximum absolute atomic E-state index is 12.3. The fourth-order valence-corrected chi connectivity index (χ4v) is 4.27. The molecule has 0 atom stereocenters. The Labute approximate surface area is 168 Å². The van der Waals surface area contributed by atoms with Crippen LogP contribution in [0.25, 0.3) is 10.8 Å². The molecule has 8 heteroatoms. The third-order valence-corrected chi connectivity index (χ3v) is 5.66. The lowest BCUT2D eigenvalue weighted by atomic mass is 9.62. The smallest absolute Gasteiger partial charge is 0.410 e. The Hall–Kier alpha value is -2.28. The summed E-state index contributed by atoms with van der Waals surface area (Å²) >= 11 is 6.21. The summed E-state index contributed by atoms with van der Waals surface area (Å²) in [7, 11) is 1.59. The van der Waals surface area contributed by atoms with Crippen LogP contribution in [0.15, 0.2) is 23.1 Å². The van der Waals surface area contributed by atoms with E-state index in [1.165, 1.54) is 4.68 Å². The second-order valence-electron chi connectivity index (χ2n) is 8.89. The number of rotatable bonds is 2. The zero-order valence-electron chi connectivity index (χ0n) is 16.5. The minimum Gasteiger partial charge on any atom is -0.490 e. The van der Waals surface area contributed by atoms with E-state index in [1.807, 2.05) is 20.8 Å². The van der Waals surface area contributed by atoms with E-state index in [-0.39, 0.29) is 23.2 Å². The Bertz CT molecular complexity index is 997. The van der Waals surface area contributed by atoms with Gasteiger partial charge in [0.15, 0.2) is 0 Å². The molecular weight excluding hydrogens is 382 g/mol. The highest BCUT2D eigenvalue weighted by Gasteiger charge is 2.55. The molecule has 150 valence electrons. The van der Waals surface area contributed by atoms with Crippen molar-refractivity contribution in [3.05, 3.63) is 33.7 Å². The van der Waals surface area contributed by atoms with Gasteiger partial charge in [0.05, 0.1) is 22.0 Å². The first kappa shape index (κ1) is 19.1. The molecule has 0 N–H and O–H groups in total. The van der Waals surface area contributed by atoms with Crippen LogP contribution in [0.4, 0.5) is 4.79 Å². The molecule has 28 heavy (non-hydrogen) atoms. The minimum atomic E-state index is -0.480. The number of aryl methyl sites for hydroxylation is 1. The van der Waals surface area contributed by atoms with Crippen molar-refractivity contribution in [2.45, 2.75) is 45.3 Å². The Kier molecular flexibility index (Phi) is 4.34. The van der Waals surface area contributed by atoms with E-state index in [2.05, 4.69) is 5.10 Å². The molecular formula is C20H24ClN3O4. The fourth-order valence-electron chi connectivity index (χ4n) is 4.03. The molecule has 1 saturated carbocycles. The molecule has 0 bridgehead atoms. The number of carbonyl (C=O) groups excluding carboxylic acids is 1.